The third-order valence-corrected chi connectivity index (χ3v) is 6.90. The largest absolute Gasteiger partial charge is 0.486 e. The van der Waals surface area contributed by atoms with Crippen molar-refractivity contribution in [1.29, 1.82) is 0 Å². The molecule has 0 N–H and O–H groups in total. The molecule has 1 saturated heterocycles. The Balaban J connectivity index is 1.39. The topological polar surface area (TPSA) is 15.7 Å². The summed E-state index contributed by atoms with van der Waals surface area (Å²) in [6.07, 6.45) is 0.909. The Bertz CT molecular complexity index is 1040. The molecule has 1 atom stereocenters. The quantitative estimate of drug-likeness (QED) is 0.327. The average Bonchev–Trinajstić information content (AvgIpc) is 2.83. The van der Waals surface area contributed by atoms with E-state index < -0.39 is 0 Å². The van der Waals surface area contributed by atoms with Crippen LogP contribution in [0.4, 0.5) is 0 Å². The molecule has 4 rings (SSSR count). The Labute approximate surface area is 210 Å². The Morgan fingerprint density at radius 1 is 0.824 bits per heavy atom. The van der Waals surface area contributed by atoms with Gasteiger partial charge in [0.1, 0.15) is 11.9 Å². The first-order valence-electron chi connectivity index (χ1n) is 12.5. The van der Waals surface area contributed by atoms with E-state index in [1.54, 1.807) is 0 Å². The number of nitrogens with zero attached hydrogens (tertiary/aromatic N) is 2. The molecular weight excluding hydrogens is 440 g/mol. The van der Waals surface area contributed by atoms with E-state index in [-0.39, 0.29) is 6.10 Å². The van der Waals surface area contributed by atoms with Crippen molar-refractivity contribution < 1.29 is 4.74 Å². The van der Waals surface area contributed by atoms with Gasteiger partial charge in [0.2, 0.25) is 0 Å². The molecule has 180 valence electrons. The zero-order valence-electron chi connectivity index (χ0n) is 20.7. The minimum atomic E-state index is -0.0251. The molecule has 3 aromatic rings. The zero-order valence-corrected chi connectivity index (χ0v) is 21.5. The minimum absolute atomic E-state index is 0.0251. The Kier molecular flexibility index (Phi) is 8.66. The highest BCUT2D eigenvalue weighted by Gasteiger charge is 2.21. The molecule has 1 unspecified atom stereocenters. The summed E-state index contributed by atoms with van der Waals surface area (Å²) in [7, 11) is 0. The summed E-state index contributed by atoms with van der Waals surface area (Å²) in [5.41, 5.74) is 5.09. The number of hydrogen-bond acceptors (Lipinski definition) is 3. The molecule has 0 spiro atoms. The SMILES string of the molecule is Cc1cc(OC(CCN2CCN(Cc3ccccc3)CC2)c2cccc(Cl)c2)cc(C(C)C)c1. The minimum Gasteiger partial charge on any atom is -0.486 e. The van der Waals surface area contributed by atoms with Crippen LogP contribution in [0.3, 0.4) is 0 Å². The van der Waals surface area contributed by atoms with E-state index >= 15 is 0 Å². The van der Waals surface area contributed by atoms with Crippen molar-refractivity contribution in [2.75, 3.05) is 32.7 Å². The van der Waals surface area contributed by atoms with Crippen LogP contribution in [-0.4, -0.2) is 42.5 Å². The molecule has 0 aromatic heterocycles. The van der Waals surface area contributed by atoms with Crippen LogP contribution in [0, 0.1) is 6.92 Å². The average molecular weight is 477 g/mol. The summed E-state index contributed by atoms with van der Waals surface area (Å²) in [4.78, 5) is 5.12. The number of piperazine rings is 1. The van der Waals surface area contributed by atoms with Crippen LogP contribution in [0.15, 0.2) is 72.8 Å². The lowest BCUT2D eigenvalue weighted by Gasteiger charge is -2.35. The first kappa shape index (κ1) is 24.8. The van der Waals surface area contributed by atoms with E-state index in [1.807, 2.05) is 18.2 Å². The lowest BCUT2D eigenvalue weighted by atomic mass is 10.0. The van der Waals surface area contributed by atoms with Gasteiger partial charge in [-0.3, -0.25) is 4.90 Å². The van der Waals surface area contributed by atoms with Gasteiger partial charge in [-0.25, -0.2) is 0 Å². The summed E-state index contributed by atoms with van der Waals surface area (Å²) in [5, 5.41) is 0.757. The van der Waals surface area contributed by atoms with Crippen LogP contribution >= 0.6 is 11.6 Å². The van der Waals surface area contributed by atoms with Crippen molar-refractivity contribution in [3.05, 3.63) is 100 Å². The van der Waals surface area contributed by atoms with Crippen LogP contribution < -0.4 is 4.74 Å². The third-order valence-electron chi connectivity index (χ3n) is 6.66. The fraction of sp³-hybridized carbons (Fsp3) is 0.400. The number of benzene rings is 3. The van der Waals surface area contributed by atoms with Crippen molar-refractivity contribution in [1.82, 2.24) is 9.80 Å². The fourth-order valence-corrected chi connectivity index (χ4v) is 4.85. The van der Waals surface area contributed by atoms with Gasteiger partial charge in [-0.2, -0.15) is 0 Å². The van der Waals surface area contributed by atoms with E-state index in [9.17, 15) is 0 Å². The van der Waals surface area contributed by atoms with Crippen LogP contribution in [-0.2, 0) is 6.54 Å². The molecule has 4 heteroatoms. The molecule has 0 radical (unpaired) electrons. The van der Waals surface area contributed by atoms with Crippen LogP contribution in [0.1, 0.15) is 54.5 Å². The van der Waals surface area contributed by atoms with Crippen LogP contribution in [0.2, 0.25) is 5.02 Å². The number of halogens is 1. The van der Waals surface area contributed by atoms with Gasteiger partial charge < -0.3 is 9.64 Å². The van der Waals surface area contributed by atoms with Gasteiger partial charge in [0.25, 0.3) is 0 Å². The first-order valence-corrected chi connectivity index (χ1v) is 12.9. The van der Waals surface area contributed by atoms with E-state index in [4.69, 9.17) is 16.3 Å². The lowest BCUT2D eigenvalue weighted by Crippen LogP contribution is -2.46. The molecule has 3 aromatic carbocycles. The Morgan fingerprint density at radius 2 is 1.56 bits per heavy atom. The molecule has 34 heavy (non-hydrogen) atoms. The number of aryl methyl sites for hydroxylation is 1. The predicted molar refractivity (Wildman–Crippen MR) is 143 cm³/mol. The van der Waals surface area contributed by atoms with Gasteiger partial charge in [0.05, 0.1) is 0 Å². The van der Waals surface area contributed by atoms with Crippen LogP contribution in [0.25, 0.3) is 0 Å². The van der Waals surface area contributed by atoms with E-state index in [0.717, 1.165) is 62.0 Å². The van der Waals surface area contributed by atoms with Gasteiger partial charge in [-0.05, 0) is 59.4 Å². The zero-order chi connectivity index (χ0) is 23.9. The molecule has 0 amide bonds. The Morgan fingerprint density at radius 3 is 2.26 bits per heavy atom. The van der Waals surface area contributed by atoms with Crippen molar-refractivity contribution in [3.8, 4) is 5.75 Å². The monoisotopic (exact) mass is 476 g/mol. The molecule has 3 nitrogen and oxygen atoms in total. The maximum absolute atomic E-state index is 6.62. The fourth-order valence-electron chi connectivity index (χ4n) is 4.66. The molecule has 0 saturated carbocycles. The summed E-state index contributed by atoms with van der Waals surface area (Å²) >= 11 is 6.34. The smallest absolute Gasteiger partial charge is 0.125 e. The summed E-state index contributed by atoms with van der Waals surface area (Å²) < 4.78 is 6.62. The van der Waals surface area contributed by atoms with Gasteiger partial charge in [0.15, 0.2) is 0 Å². The molecule has 1 fully saturated rings. The molecule has 0 aliphatic carbocycles. The molecule has 0 bridgehead atoms. The maximum atomic E-state index is 6.62. The highest BCUT2D eigenvalue weighted by molar-refractivity contribution is 6.30. The highest BCUT2D eigenvalue weighted by Crippen LogP contribution is 2.30. The van der Waals surface area contributed by atoms with E-state index in [1.165, 1.54) is 16.7 Å². The lowest BCUT2D eigenvalue weighted by molar-refractivity contribution is 0.107. The highest BCUT2D eigenvalue weighted by atomic mass is 35.5. The van der Waals surface area contributed by atoms with Gasteiger partial charge >= 0.3 is 0 Å². The number of rotatable bonds is 9. The second kappa shape index (κ2) is 11.9. The third kappa shape index (κ3) is 7.09. The summed E-state index contributed by atoms with van der Waals surface area (Å²) in [5.74, 6) is 1.42. The first-order chi connectivity index (χ1) is 16.5. The molecule has 1 heterocycles. The van der Waals surface area contributed by atoms with Crippen molar-refractivity contribution >= 4 is 11.6 Å². The summed E-state index contributed by atoms with van der Waals surface area (Å²) in [6, 6.07) is 25.5. The standard InChI is InChI=1S/C30H37ClN2O/c1-23(2)27-18-24(3)19-29(21-27)34-30(26-10-7-11-28(31)20-26)12-13-32-14-16-33(17-15-32)22-25-8-5-4-6-9-25/h4-11,18-21,23,30H,12-17,22H2,1-3H3. The van der Waals surface area contributed by atoms with Crippen molar-refractivity contribution in [2.45, 2.75) is 45.8 Å². The molecule has 1 aliphatic heterocycles. The van der Waals surface area contributed by atoms with Crippen molar-refractivity contribution in [2.24, 2.45) is 0 Å². The normalized spacial score (nSPS) is 16.0. The van der Waals surface area contributed by atoms with E-state index in [2.05, 4.69) is 85.2 Å². The number of hydrogen-bond donors (Lipinski definition) is 0. The second-order valence-corrected chi connectivity index (χ2v) is 10.2. The predicted octanol–water partition coefficient (Wildman–Crippen LogP) is 7.10. The maximum Gasteiger partial charge on any atom is 0.125 e. The van der Waals surface area contributed by atoms with E-state index in [0.29, 0.717) is 5.92 Å². The van der Waals surface area contributed by atoms with Gasteiger partial charge in [-0.15, -0.1) is 0 Å². The summed E-state index contributed by atoms with van der Waals surface area (Å²) in [6.45, 7) is 13.0. The van der Waals surface area contributed by atoms with Crippen molar-refractivity contribution in [3.63, 3.8) is 0 Å². The Hall–Kier alpha value is -2.33. The van der Waals surface area contributed by atoms with Gasteiger partial charge in [0, 0.05) is 50.7 Å². The van der Waals surface area contributed by atoms with Gasteiger partial charge in [-0.1, -0.05) is 74.0 Å². The molecular formula is C30H37ClN2O. The number of ether oxygens (including phenoxy) is 1. The van der Waals surface area contributed by atoms with Crippen LogP contribution in [0.5, 0.6) is 5.75 Å². The second-order valence-electron chi connectivity index (χ2n) is 9.79. The molecule has 1 aliphatic rings.